The lowest BCUT2D eigenvalue weighted by molar-refractivity contribution is -0.120. The first-order chi connectivity index (χ1) is 9.69. The van der Waals surface area contributed by atoms with Gasteiger partial charge in [0.1, 0.15) is 0 Å². The number of sulfone groups is 1. The second-order valence-electron chi connectivity index (χ2n) is 5.65. The quantitative estimate of drug-likeness (QED) is 0.800. The highest BCUT2D eigenvalue weighted by molar-refractivity contribution is 9.10. The fourth-order valence-corrected chi connectivity index (χ4v) is 5.78. The molecule has 1 atom stereocenters. The predicted molar refractivity (Wildman–Crippen MR) is 89.4 cm³/mol. The average Bonchev–Trinajstić information content (AvgIpc) is 2.62. The van der Waals surface area contributed by atoms with E-state index in [9.17, 15) is 13.2 Å². The maximum atomic E-state index is 12.0. The molecule has 1 aliphatic rings. The zero-order valence-electron chi connectivity index (χ0n) is 12.0. The lowest BCUT2D eigenvalue weighted by Gasteiger charge is -2.23. The number of thioether (sulfide) groups is 1. The maximum Gasteiger partial charge on any atom is 0.230 e. The zero-order chi connectivity index (χ0) is 15.7. The minimum absolute atomic E-state index is 0.0354. The fourth-order valence-electron chi connectivity index (χ4n) is 2.40. The summed E-state index contributed by atoms with van der Waals surface area (Å²) in [5, 5.41) is 2.86. The molecule has 1 aromatic carbocycles. The van der Waals surface area contributed by atoms with E-state index in [0.717, 1.165) is 14.9 Å². The molecule has 1 heterocycles. The SMILES string of the molecule is Cc1cc(Br)ccc1SCC(=O)NC1(C)CCS(=O)(=O)C1. The van der Waals surface area contributed by atoms with Gasteiger partial charge in [0.25, 0.3) is 0 Å². The highest BCUT2D eigenvalue weighted by atomic mass is 79.9. The van der Waals surface area contributed by atoms with Crippen LogP contribution in [0.25, 0.3) is 0 Å². The summed E-state index contributed by atoms with van der Waals surface area (Å²) in [6.45, 7) is 3.79. The summed E-state index contributed by atoms with van der Waals surface area (Å²) in [5.74, 6) is 0.358. The van der Waals surface area contributed by atoms with Crippen LogP contribution in [-0.4, -0.2) is 37.1 Å². The summed E-state index contributed by atoms with van der Waals surface area (Å²) in [6, 6.07) is 5.92. The summed E-state index contributed by atoms with van der Waals surface area (Å²) in [6.07, 6.45) is 0.489. The van der Waals surface area contributed by atoms with E-state index in [2.05, 4.69) is 21.2 Å². The van der Waals surface area contributed by atoms with Gasteiger partial charge in [-0.1, -0.05) is 15.9 Å². The fraction of sp³-hybridized carbons (Fsp3) is 0.500. The molecule has 0 spiro atoms. The molecule has 0 bridgehead atoms. The molecular formula is C14H18BrNO3S2. The molecule has 0 aromatic heterocycles. The Bertz CT molecular complexity index is 660. The summed E-state index contributed by atoms with van der Waals surface area (Å²) < 4.78 is 24.1. The summed E-state index contributed by atoms with van der Waals surface area (Å²) in [4.78, 5) is 13.1. The van der Waals surface area contributed by atoms with E-state index >= 15 is 0 Å². The normalized spacial score (nSPS) is 24.0. The third kappa shape index (κ3) is 4.72. The van der Waals surface area contributed by atoms with Crippen molar-refractivity contribution in [2.45, 2.75) is 30.7 Å². The Morgan fingerprint density at radius 3 is 2.76 bits per heavy atom. The molecule has 21 heavy (non-hydrogen) atoms. The van der Waals surface area contributed by atoms with Crippen LogP contribution in [-0.2, 0) is 14.6 Å². The van der Waals surface area contributed by atoms with Crippen molar-refractivity contribution < 1.29 is 13.2 Å². The highest BCUT2D eigenvalue weighted by Gasteiger charge is 2.39. The van der Waals surface area contributed by atoms with Crippen molar-refractivity contribution in [1.29, 1.82) is 0 Å². The molecule has 1 saturated heterocycles. The van der Waals surface area contributed by atoms with Crippen molar-refractivity contribution in [2.75, 3.05) is 17.3 Å². The average molecular weight is 392 g/mol. The Kier molecular flexibility index (Phi) is 5.05. The largest absolute Gasteiger partial charge is 0.349 e. The predicted octanol–water partition coefficient (Wildman–Crippen LogP) is 2.54. The smallest absolute Gasteiger partial charge is 0.230 e. The third-order valence-electron chi connectivity index (χ3n) is 3.44. The standard InChI is InChI=1S/C14H18BrNO3S2/c1-10-7-11(15)3-4-12(10)20-8-13(17)16-14(2)5-6-21(18,19)9-14/h3-4,7H,5-6,8-9H2,1-2H3,(H,16,17). The molecule has 4 nitrogen and oxygen atoms in total. The van der Waals surface area contributed by atoms with Crippen LogP contribution in [0.1, 0.15) is 18.9 Å². The molecule has 1 amide bonds. The van der Waals surface area contributed by atoms with Crippen molar-refractivity contribution in [3.05, 3.63) is 28.2 Å². The van der Waals surface area contributed by atoms with Gasteiger partial charge in [-0.25, -0.2) is 8.42 Å². The Hall–Kier alpha value is -0.530. The number of carbonyl (C=O) groups is 1. The number of halogens is 1. The van der Waals surface area contributed by atoms with Gasteiger partial charge in [-0.2, -0.15) is 0 Å². The highest BCUT2D eigenvalue weighted by Crippen LogP contribution is 2.26. The van der Waals surface area contributed by atoms with Gasteiger partial charge in [-0.15, -0.1) is 11.8 Å². The number of hydrogen-bond donors (Lipinski definition) is 1. The number of rotatable bonds is 4. The molecule has 116 valence electrons. The molecule has 1 unspecified atom stereocenters. The van der Waals surface area contributed by atoms with E-state index in [1.54, 1.807) is 6.92 Å². The lowest BCUT2D eigenvalue weighted by Crippen LogP contribution is -2.47. The van der Waals surface area contributed by atoms with Crippen LogP contribution >= 0.6 is 27.7 Å². The van der Waals surface area contributed by atoms with E-state index in [1.807, 2.05) is 25.1 Å². The number of amides is 1. The molecule has 1 fully saturated rings. The number of benzene rings is 1. The Morgan fingerprint density at radius 1 is 1.48 bits per heavy atom. The number of hydrogen-bond acceptors (Lipinski definition) is 4. The van der Waals surface area contributed by atoms with E-state index in [-0.39, 0.29) is 23.2 Å². The molecule has 0 aliphatic carbocycles. The second kappa shape index (κ2) is 6.30. The van der Waals surface area contributed by atoms with Gasteiger partial charge in [0.2, 0.25) is 5.91 Å². The Balaban J connectivity index is 1.91. The van der Waals surface area contributed by atoms with Crippen LogP contribution < -0.4 is 5.32 Å². The van der Waals surface area contributed by atoms with Crippen LogP contribution in [0.15, 0.2) is 27.6 Å². The van der Waals surface area contributed by atoms with Gasteiger partial charge in [-0.3, -0.25) is 4.79 Å². The van der Waals surface area contributed by atoms with Gasteiger partial charge in [-0.05, 0) is 44.0 Å². The van der Waals surface area contributed by atoms with Crippen molar-refractivity contribution in [3.63, 3.8) is 0 Å². The number of aryl methyl sites for hydroxylation is 1. The third-order valence-corrected chi connectivity index (χ3v) is 7.01. The topological polar surface area (TPSA) is 63.2 Å². The van der Waals surface area contributed by atoms with Crippen molar-refractivity contribution >= 4 is 43.4 Å². The van der Waals surface area contributed by atoms with E-state index in [1.165, 1.54) is 11.8 Å². The summed E-state index contributed by atoms with van der Waals surface area (Å²) in [7, 11) is -3.00. The Morgan fingerprint density at radius 2 is 2.19 bits per heavy atom. The van der Waals surface area contributed by atoms with E-state index in [4.69, 9.17) is 0 Å². The molecule has 0 saturated carbocycles. The Labute approximate surface area is 138 Å². The summed E-state index contributed by atoms with van der Waals surface area (Å²) >= 11 is 4.87. The first-order valence-corrected chi connectivity index (χ1v) is 10.2. The maximum absolute atomic E-state index is 12.0. The van der Waals surface area contributed by atoms with Crippen molar-refractivity contribution in [1.82, 2.24) is 5.32 Å². The van der Waals surface area contributed by atoms with E-state index < -0.39 is 15.4 Å². The lowest BCUT2D eigenvalue weighted by atomic mass is 10.0. The van der Waals surface area contributed by atoms with Crippen LogP contribution in [0.4, 0.5) is 0 Å². The van der Waals surface area contributed by atoms with Gasteiger partial charge < -0.3 is 5.32 Å². The van der Waals surface area contributed by atoms with Gasteiger partial charge >= 0.3 is 0 Å². The first-order valence-electron chi connectivity index (χ1n) is 6.60. The van der Waals surface area contributed by atoms with E-state index in [0.29, 0.717) is 6.42 Å². The van der Waals surface area contributed by atoms with Crippen LogP contribution in [0.5, 0.6) is 0 Å². The van der Waals surface area contributed by atoms with Crippen LogP contribution in [0, 0.1) is 6.92 Å². The minimum atomic E-state index is -3.00. The molecular weight excluding hydrogens is 374 g/mol. The van der Waals surface area contributed by atoms with Gasteiger partial charge in [0.05, 0.1) is 22.8 Å². The number of carbonyl (C=O) groups excluding carboxylic acids is 1. The number of nitrogens with one attached hydrogen (secondary N) is 1. The molecule has 0 radical (unpaired) electrons. The minimum Gasteiger partial charge on any atom is -0.349 e. The van der Waals surface area contributed by atoms with Gasteiger partial charge in [0, 0.05) is 9.37 Å². The molecule has 1 N–H and O–H groups in total. The first kappa shape index (κ1) is 16.8. The van der Waals surface area contributed by atoms with Crippen LogP contribution in [0.3, 0.4) is 0 Å². The van der Waals surface area contributed by atoms with Gasteiger partial charge in [0.15, 0.2) is 9.84 Å². The molecule has 2 rings (SSSR count). The van der Waals surface area contributed by atoms with Crippen LogP contribution in [0.2, 0.25) is 0 Å². The van der Waals surface area contributed by atoms with Crippen molar-refractivity contribution in [3.8, 4) is 0 Å². The summed E-state index contributed by atoms with van der Waals surface area (Å²) in [5.41, 5.74) is 0.488. The monoisotopic (exact) mass is 391 g/mol. The van der Waals surface area contributed by atoms with Crippen molar-refractivity contribution in [2.24, 2.45) is 0 Å². The second-order valence-corrected chi connectivity index (χ2v) is 9.77. The molecule has 1 aliphatic heterocycles. The molecule has 7 heteroatoms. The molecule has 1 aromatic rings. The zero-order valence-corrected chi connectivity index (χ0v) is 15.2.